The van der Waals surface area contributed by atoms with E-state index >= 15 is 0 Å². The first kappa shape index (κ1) is 15.9. The van der Waals surface area contributed by atoms with E-state index in [0.29, 0.717) is 6.04 Å². The number of nitrogens with zero attached hydrogens (tertiary/aromatic N) is 2. The first-order chi connectivity index (χ1) is 9.72. The van der Waals surface area contributed by atoms with Crippen molar-refractivity contribution in [3.63, 3.8) is 0 Å². The van der Waals surface area contributed by atoms with Crippen LogP contribution in [0.5, 0.6) is 0 Å². The molecule has 2 heterocycles. The lowest BCUT2D eigenvalue weighted by Gasteiger charge is -2.39. The summed E-state index contributed by atoms with van der Waals surface area (Å²) in [5.74, 6) is 2.68. The molecule has 1 amide bonds. The van der Waals surface area contributed by atoms with Crippen molar-refractivity contribution in [2.24, 2.45) is 0 Å². The predicted molar refractivity (Wildman–Crippen MR) is 87.2 cm³/mol. The van der Waals surface area contributed by atoms with E-state index in [2.05, 4.69) is 22.8 Å². The second-order valence-electron chi connectivity index (χ2n) is 5.76. The summed E-state index contributed by atoms with van der Waals surface area (Å²) in [5.41, 5.74) is 1.49. The molecule has 0 unspecified atom stereocenters. The van der Waals surface area contributed by atoms with Crippen LogP contribution in [0, 0.1) is 0 Å². The van der Waals surface area contributed by atoms with Crippen LogP contribution in [0.3, 0.4) is 0 Å². The van der Waals surface area contributed by atoms with E-state index in [1.54, 1.807) is 6.92 Å². The zero-order chi connectivity index (χ0) is 14.4. The Labute approximate surface area is 127 Å². The number of amides is 1. The lowest BCUT2D eigenvalue weighted by atomic mass is 9.92. The lowest BCUT2D eigenvalue weighted by molar-refractivity contribution is -0.131. The number of carbonyl (C=O) groups is 1. The quantitative estimate of drug-likeness (QED) is 0.576. The number of carbonyl (C=O) groups excluding carboxylic acids is 1. The summed E-state index contributed by atoms with van der Waals surface area (Å²) in [6.45, 7) is 8.32. The molecule has 1 atom stereocenters. The SMILES string of the molecule is CCSCCN1CCC=C([C@@H]2CCCCN2C(C)=O)C1. The summed E-state index contributed by atoms with van der Waals surface area (Å²) < 4.78 is 0. The Morgan fingerprint density at radius 3 is 3.00 bits per heavy atom. The van der Waals surface area contributed by atoms with Gasteiger partial charge in [-0.3, -0.25) is 9.69 Å². The standard InChI is InChI=1S/C16H28N2OS/c1-3-20-12-11-17-9-6-7-15(13-17)16-8-4-5-10-18(16)14(2)19/h7,16H,3-6,8-13H2,1-2H3/t16-/m0/s1. The van der Waals surface area contributed by atoms with Crippen LogP contribution in [0.15, 0.2) is 11.6 Å². The van der Waals surface area contributed by atoms with Crippen LogP contribution in [0.2, 0.25) is 0 Å². The summed E-state index contributed by atoms with van der Waals surface area (Å²) in [5, 5.41) is 0. The fraction of sp³-hybridized carbons (Fsp3) is 0.812. The molecule has 4 heteroatoms. The molecule has 2 rings (SSSR count). The van der Waals surface area contributed by atoms with Crippen LogP contribution in [0.25, 0.3) is 0 Å². The highest BCUT2D eigenvalue weighted by Gasteiger charge is 2.29. The molecule has 0 aromatic carbocycles. The van der Waals surface area contributed by atoms with Crippen LogP contribution in [0.1, 0.15) is 39.5 Å². The van der Waals surface area contributed by atoms with E-state index in [1.807, 2.05) is 11.8 Å². The Bertz CT molecular complexity index is 356. The molecule has 0 spiro atoms. The van der Waals surface area contributed by atoms with Gasteiger partial charge in [0.25, 0.3) is 0 Å². The van der Waals surface area contributed by atoms with Crippen molar-refractivity contribution in [3.05, 3.63) is 11.6 Å². The maximum absolute atomic E-state index is 11.8. The zero-order valence-electron chi connectivity index (χ0n) is 12.9. The van der Waals surface area contributed by atoms with E-state index in [4.69, 9.17) is 0 Å². The molecular formula is C16H28N2OS. The first-order valence-electron chi connectivity index (χ1n) is 7.98. The van der Waals surface area contributed by atoms with Gasteiger partial charge in [0.15, 0.2) is 0 Å². The first-order valence-corrected chi connectivity index (χ1v) is 9.14. The van der Waals surface area contributed by atoms with Crippen LogP contribution in [-0.4, -0.2) is 59.4 Å². The van der Waals surface area contributed by atoms with Gasteiger partial charge in [0.05, 0.1) is 6.04 Å². The van der Waals surface area contributed by atoms with Crippen molar-refractivity contribution < 1.29 is 4.79 Å². The molecule has 0 aromatic rings. The van der Waals surface area contributed by atoms with Crippen LogP contribution in [0.4, 0.5) is 0 Å². The monoisotopic (exact) mass is 296 g/mol. The number of piperidine rings is 1. The van der Waals surface area contributed by atoms with Gasteiger partial charge in [-0.2, -0.15) is 11.8 Å². The minimum absolute atomic E-state index is 0.245. The topological polar surface area (TPSA) is 23.6 Å². The second-order valence-corrected chi connectivity index (χ2v) is 7.16. The van der Waals surface area contributed by atoms with E-state index in [1.165, 1.54) is 43.0 Å². The van der Waals surface area contributed by atoms with Gasteiger partial charge in [-0.1, -0.05) is 13.0 Å². The Kier molecular flexibility index (Phi) is 6.43. The molecule has 0 bridgehead atoms. The number of rotatable bonds is 5. The minimum atomic E-state index is 0.245. The molecule has 1 saturated heterocycles. The number of thioether (sulfide) groups is 1. The normalized spacial score (nSPS) is 24.6. The molecule has 0 radical (unpaired) electrons. The fourth-order valence-corrected chi connectivity index (χ4v) is 3.97. The molecule has 3 nitrogen and oxygen atoms in total. The molecule has 2 aliphatic rings. The maximum Gasteiger partial charge on any atom is 0.219 e. The third-order valence-corrected chi connectivity index (χ3v) is 5.23. The highest BCUT2D eigenvalue weighted by molar-refractivity contribution is 7.99. The number of hydrogen-bond donors (Lipinski definition) is 0. The van der Waals surface area contributed by atoms with Crippen molar-refractivity contribution in [3.8, 4) is 0 Å². The molecule has 20 heavy (non-hydrogen) atoms. The summed E-state index contributed by atoms with van der Waals surface area (Å²) in [6, 6.07) is 0.378. The van der Waals surface area contributed by atoms with E-state index in [-0.39, 0.29) is 5.91 Å². The zero-order valence-corrected chi connectivity index (χ0v) is 13.8. The van der Waals surface area contributed by atoms with Crippen molar-refractivity contribution >= 4 is 17.7 Å². The van der Waals surface area contributed by atoms with Gasteiger partial charge < -0.3 is 4.90 Å². The van der Waals surface area contributed by atoms with Gasteiger partial charge >= 0.3 is 0 Å². The molecule has 1 fully saturated rings. The fourth-order valence-electron chi connectivity index (χ4n) is 3.30. The number of likely N-dealkylation sites (tertiary alicyclic amines) is 1. The molecule has 2 aliphatic heterocycles. The van der Waals surface area contributed by atoms with E-state index in [9.17, 15) is 4.79 Å². The smallest absolute Gasteiger partial charge is 0.219 e. The third-order valence-electron chi connectivity index (χ3n) is 4.35. The molecule has 0 aromatic heterocycles. The summed E-state index contributed by atoms with van der Waals surface area (Å²) in [4.78, 5) is 16.5. The van der Waals surface area contributed by atoms with Crippen LogP contribution in [-0.2, 0) is 4.79 Å². The summed E-state index contributed by atoms with van der Waals surface area (Å²) in [6.07, 6.45) is 7.13. The van der Waals surface area contributed by atoms with Crippen molar-refractivity contribution in [2.75, 3.05) is 37.7 Å². The Morgan fingerprint density at radius 2 is 2.25 bits per heavy atom. The average Bonchev–Trinajstić information content (AvgIpc) is 2.48. The lowest BCUT2D eigenvalue weighted by Crippen LogP contribution is -2.47. The molecule has 0 saturated carbocycles. The Balaban J connectivity index is 1.93. The third kappa shape index (κ3) is 4.26. The molecule has 0 N–H and O–H groups in total. The second kappa shape index (κ2) is 8.08. The molecule has 0 aliphatic carbocycles. The van der Waals surface area contributed by atoms with Gasteiger partial charge in [-0.25, -0.2) is 0 Å². The van der Waals surface area contributed by atoms with E-state index < -0.39 is 0 Å². The van der Waals surface area contributed by atoms with E-state index in [0.717, 1.165) is 25.9 Å². The van der Waals surface area contributed by atoms with Gasteiger partial charge in [-0.05, 0) is 37.0 Å². The highest BCUT2D eigenvalue weighted by atomic mass is 32.2. The Hall–Kier alpha value is -0.480. The van der Waals surface area contributed by atoms with Gasteiger partial charge in [0.2, 0.25) is 5.91 Å². The van der Waals surface area contributed by atoms with Crippen LogP contribution >= 0.6 is 11.8 Å². The maximum atomic E-state index is 11.8. The average molecular weight is 296 g/mol. The minimum Gasteiger partial charge on any atom is -0.336 e. The van der Waals surface area contributed by atoms with Crippen molar-refractivity contribution in [1.82, 2.24) is 9.80 Å². The van der Waals surface area contributed by atoms with Gasteiger partial charge in [0.1, 0.15) is 0 Å². The summed E-state index contributed by atoms with van der Waals surface area (Å²) >= 11 is 2.02. The highest BCUT2D eigenvalue weighted by Crippen LogP contribution is 2.26. The van der Waals surface area contributed by atoms with Crippen molar-refractivity contribution in [2.45, 2.75) is 45.6 Å². The number of hydrogen-bond acceptors (Lipinski definition) is 3. The van der Waals surface area contributed by atoms with Gasteiger partial charge in [0, 0.05) is 38.9 Å². The Morgan fingerprint density at radius 1 is 1.40 bits per heavy atom. The van der Waals surface area contributed by atoms with Crippen LogP contribution < -0.4 is 0 Å². The molecular weight excluding hydrogens is 268 g/mol. The predicted octanol–water partition coefficient (Wildman–Crippen LogP) is 2.77. The van der Waals surface area contributed by atoms with Crippen molar-refractivity contribution in [1.29, 1.82) is 0 Å². The largest absolute Gasteiger partial charge is 0.336 e. The summed E-state index contributed by atoms with van der Waals surface area (Å²) in [7, 11) is 0. The molecule has 114 valence electrons. The van der Waals surface area contributed by atoms with Gasteiger partial charge in [-0.15, -0.1) is 0 Å².